The number of halogens is 1. The van der Waals surface area contributed by atoms with Gasteiger partial charge in [-0.2, -0.15) is 0 Å². The van der Waals surface area contributed by atoms with E-state index in [1.54, 1.807) is 24.3 Å². The van der Waals surface area contributed by atoms with Crippen LogP contribution in [0.1, 0.15) is 5.56 Å². The van der Waals surface area contributed by atoms with E-state index in [1.165, 1.54) is 36.4 Å². The molecule has 22 heavy (non-hydrogen) atoms. The summed E-state index contributed by atoms with van der Waals surface area (Å²) in [5.41, 5.74) is 0.647. The highest BCUT2D eigenvalue weighted by Crippen LogP contribution is 2.15. The van der Waals surface area contributed by atoms with E-state index in [9.17, 15) is 17.6 Å². The van der Waals surface area contributed by atoms with Gasteiger partial charge >= 0.3 is 0 Å². The molecular formula is C16H14FNO3S. The SMILES string of the molecule is CS(=O)(=O)c1cccc(NC(=O)/C=C/c2ccccc2F)c1. The van der Waals surface area contributed by atoms with Crippen LogP contribution in [0.4, 0.5) is 10.1 Å². The van der Waals surface area contributed by atoms with Gasteiger partial charge in [-0.15, -0.1) is 0 Å². The van der Waals surface area contributed by atoms with Crippen LogP contribution in [0.15, 0.2) is 59.5 Å². The predicted molar refractivity (Wildman–Crippen MR) is 83.6 cm³/mol. The standard InChI is InChI=1S/C16H14FNO3S/c1-22(20,21)14-7-4-6-13(11-14)18-16(19)10-9-12-5-2-3-8-15(12)17/h2-11H,1H3,(H,18,19)/b10-9+. The molecule has 2 aromatic rings. The number of anilines is 1. The van der Waals surface area contributed by atoms with Crippen LogP contribution in [0.25, 0.3) is 6.08 Å². The van der Waals surface area contributed by atoms with E-state index in [0.717, 1.165) is 6.26 Å². The molecule has 4 nitrogen and oxygen atoms in total. The number of carbonyl (C=O) groups is 1. The third-order valence-electron chi connectivity index (χ3n) is 2.85. The summed E-state index contributed by atoms with van der Waals surface area (Å²) in [5.74, 6) is -0.903. The Balaban J connectivity index is 2.11. The Labute approximate surface area is 128 Å². The normalized spacial score (nSPS) is 11.5. The van der Waals surface area contributed by atoms with E-state index in [0.29, 0.717) is 11.3 Å². The Bertz CT molecular complexity index is 829. The van der Waals surface area contributed by atoms with Crippen molar-refractivity contribution in [3.05, 3.63) is 66.0 Å². The molecule has 0 radical (unpaired) electrons. The molecule has 0 spiro atoms. The lowest BCUT2D eigenvalue weighted by atomic mass is 10.2. The van der Waals surface area contributed by atoms with E-state index >= 15 is 0 Å². The lowest BCUT2D eigenvalue weighted by molar-refractivity contribution is -0.111. The highest BCUT2D eigenvalue weighted by molar-refractivity contribution is 7.90. The monoisotopic (exact) mass is 319 g/mol. The van der Waals surface area contributed by atoms with Gasteiger partial charge in [-0.25, -0.2) is 12.8 Å². The fourth-order valence-corrected chi connectivity index (χ4v) is 2.43. The largest absolute Gasteiger partial charge is 0.322 e. The van der Waals surface area contributed by atoms with Crippen LogP contribution in [0.5, 0.6) is 0 Å². The molecule has 0 aromatic heterocycles. The van der Waals surface area contributed by atoms with Crippen molar-refractivity contribution >= 4 is 27.5 Å². The van der Waals surface area contributed by atoms with E-state index in [4.69, 9.17) is 0 Å². The number of carbonyl (C=O) groups excluding carboxylic acids is 1. The molecular weight excluding hydrogens is 305 g/mol. The summed E-state index contributed by atoms with van der Waals surface area (Å²) in [6.45, 7) is 0. The topological polar surface area (TPSA) is 63.2 Å². The van der Waals surface area contributed by atoms with Crippen LogP contribution in [0.2, 0.25) is 0 Å². The van der Waals surface area contributed by atoms with Crippen LogP contribution in [-0.2, 0) is 14.6 Å². The molecule has 0 heterocycles. The summed E-state index contributed by atoms with van der Waals surface area (Å²) in [5, 5.41) is 2.53. The molecule has 0 atom stereocenters. The van der Waals surface area contributed by atoms with E-state index < -0.39 is 21.6 Å². The third-order valence-corrected chi connectivity index (χ3v) is 3.96. The van der Waals surface area contributed by atoms with Gasteiger partial charge in [0, 0.05) is 23.6 Å². The van der Waals surface area contributed by atoms with Crippen LogP contribution >= 0.6 is 0 Å². The average Bonchev–Trinajstić information content (AvgIpc) is 2.46. The number of sulfone groups is 1. The van der Waals surface area contributed by atoms with Gasteiger partial charge in [-0.3, -0.25) is 4.79 Å². The summed E-state index contributed by atoms with van der Waals surface area (Å²) < 4.78 is 36.3. The Kier molecular flexibility index (Phi) is 4.72. The molecule has 0 bridgehead atoms. The zero-order valence-electron chi connectivity index (χ0n) is 11.8. The number of amides is 1. The van der Waals surface area contributed by atoms with Gasteiger partial charge in [0.15, 0.2) is 9.84 Å². The molecule has 0 unspecified atom stereocenters. The fraction of sp³-hybridized carbons (Fsp3) is 0.0625. The lowest BCUT2D eigenvalue weighted by Gasteiger charge is -2.04. The summed E-state index contributed by atoms with van der Waals surface area (Å²) in [7, 11) is -3.34. The summed E-state index contributed by atoms with van der Waals surface area (Å²) in [6.07, 6.45) is 3.63. The molecule has 0 saturated heterocycles. The van der Waals surface area contributed by atoms with Gasteiger partial charge in [0.05, 0.1) is 4.90 Å². The molecule has 0 aliphatic heterocycles. The van der Waals surface area contributed by atoms with Crippen molar-refractivity contribution < 1.29 is 17.6 Å². The minimum Gasteiger partial charge on any atom is -0.322 e. The zero-order chi connectivity index (χ0) is 16.2. The van der Waals surface area contributed by atoms with Crippen molar-refractivity contribution in [2.24, 2.45) is 0 Å². The second kappa shape index (κ2) is 6.53. The highest BCUT2D eigenvalue weighted by Gasteiger charge is 2.08. The zero-order valence-corrected chi connectivity index (χ0v) is 12.6. The number of benzene rings is 2. The van der Waals surface area contributed by atoms with Crippen molar-refractivity contribution in [1.29, 1.82) is 0 Å². The molecule has 114 valence electrons. The van der Waals surface area contributed by atoms with Crippen molar-refractivity contribution in [2.45, 2.75) is 4.90 Å². The van der Waals surface area contributed by atoms with Crippen molar-refractivity contribution in [3.63, 3.8) is 0 Å². The first kappa shape index (κ1) is 15.9. The second-order valence-corrected chi connectivity index (χ2v) is 6.66. The number of rotatable bonds is 4. The van der Waals surface area contributed by atoms with Crippen LogP contribution in [0, 0.1) is 5.82 Å². The molecule has 0 aliphatic carbocycles. The van der Waals surface area contributed by atoms with Gasteiger partial charge in [-0.1, -0.05) is 24.3 Å². The number of hydrogen-bond acceptors (Lipinski definition) is 3. The quantitative estimate of drug-likeness (QED) is 0.881. The Morgan fingerprint density at radius 1 is 1.14 bits per heavy atom. The molecule has 0 fully saturated rings. The van der Waals surface area contributed by atoms with E-state index in [-0.39, 0.29) is 4.90 Å². The molecule has 6 heteroatoms. The number of hydrogen-bond donors (Lipinski definition) is 1. The van der Waals surface area contributed by atoms with Crippen LogP contribution < -0.4 is 5.32 Å². The average molecular weight is 319 g/mol. The Hall–Kier alpha value is -2.47. The first-order valence-corrected chi connectivity index (χ1v) is 8.29. The Morgan fingerprint density at radius 3 is 2.55 bits per heavy atom. The summed E-state index contributed by atoms with van der Waals surface area (Å²) in [6, 6.07) is 12.0. The van der Waals surface area contributed by atoms with Crippen LogP contribution in [-0.4, -0.2) is 20.6 Å². The van der Waals surface area contributed by atoms with Crippen molar-refractivity contribution in [1.82, 2.24) is 0 Å². The van der Waals surface area contributed by atoms with Crippen molar-refractivity contribution in [2.75, 3.05) is 11.6 Å². The second-order valence-electron chi connectivity index (χ2n) is 4.64. The molecule has 0 saturated carbocycles. The fourth-order valence-electron chi connectivity index (χ4n) is 1.76. The third kappa shape index (κ3) is 4.26. The maximum atomic E-state index is 13.4. The summed E-state index contributed by atoms with van der Waals surface area (Å²) in [4.78, 5) is 11.9. The minimum atomic E-state index is -3.34. The van der Waals surface area contributed by atoms with Crippen molar-refractivity contribution in [3.8, 4) is 0 Å². The maximum absolute atomic E-state index is 13.4. The number of nitrogens with one attached hydrogen (secondary N) is 1. The first-order chi connectivity index (χ1) is 10.4. The minimum absolute atomic E-state index is 0.114. The summed E-state index contributed by atoms with van der Waals surface area (Å²) >= 11 is 0. The van der Waals surface area contributed by atoms with Gasteiger partial charge < -0.3 is 5.32 Å². The molecule has 0 aliphatic rings. The molecule has 2 rings (SSSR count). The van der Waals surface area contributed by atoms with Crippen LogP contribution in [0.3, 0.4) is 0 Å². The highest BCUT2D eigenvalue weighted by atomic mass is 32.2. The lowest BCUT2D eigenvalue weighted by Crippen LogP contribution is -2.08. The molecule has 1 N–H and O–H groups in total. The van der Waals surface area contributed by atoms with Gasteiger partial charge in [-0.05, 0) is 30.3 Å². The molecule has 1 amide bonds. The predicted octanol–water partition coefficient (Wildman–Crippen LogP) is 2.88. The van der Waals surface area contributed by atoms with Gasteiger partial charge in [0.1, 0.15) is 5.82 Å². The smallest absolute Gasteiger partial charge is 0.248 e. The van der Waals surface area contributed by atoms with Gasteiger partial charge in [0.25, 0.3) is 0 Å². The first-order valence-electron chi connectivity index (χ1n) is 6.40. The Morgan fingerprint density at radius 2 is 1.86 bits per heavy atom. The van der Waals surface area contributed by atoms with E-state index in [1.807, 2.05) is 0 Å². The maximum Gasteiger partial charge on any atom is 0.248 e. The molecule has 2 aromatic carbocycles. The van der Waals surface area contributed by atoms with Gasteiger partial charge in [0.2, 0.25) is 5.91 Å². The van der Waals surface area contributed by atoms with E-state index in [2.05, 4.69) is 5.32 Å².